The van der Waals surface area contributed by atoms with Gasteiger partial charge in [0.2, 0.25) is 0 Å². The molecular formula is C13H10Cl3NO. The van der Waals surface area contributed by atoms with Crippen LogP contribution in [0.1, 0.15) is 5.56 Å². The molecule has 0 spiro atoms. The van der Waals surface area contributed by atoms with Gasteiger partial charge in [-0.2, -0.15) is 0 Å². The number of halogens is 3. The fourth-order valence-electron chi connectivity index (χ4n) is 1.44. The Morgan fingerprint density at radius 3 is 2.06 bits per heavy atom. The van der Waals surface area contributed by atoms with Crippen LogP contribution in [-0.4, -0.2) is 0 Å². The summed E-state index contributed by atoms with van der Waals surface area (Å²) in [5.74, 6) is 0.430. The van der Waals surface area contributed by atoms with Crippen LogP contribution in [0.2, 0.25) is 15.1 Å². The van der Waals surface area contributed by atoms with Crippen LogP contribution < -0.4 is 10.5 Å². The lowest BCUT2D eigenvalue weighted by Gasteiger charge is -2.10. The van der Waals surface area contributed by atoms with Crippen molar-refractivity contribution >= 4 is 40.5 Å². The number of ether oxygens (including phenoxy) is 1. The van der Waals surface area contributed by atoms with Gasteiger partial charge in [0.1, 0.15) is 6.61 Å². The van der Waals surface area contributed by atoms with Gasteiger partial charge in [-0.25, -0.2) is 0 Å². The third-order valence-corrected chi connectivity index (χ3v) is 3.11. The topological polar surface area (TPSA) is 35.2 Å². The average molecular weight is 303 g/mol. The lowest BCUT2D eigenvalue weighted by atomic mass is 10.2. The molecule has 0 amide bonds. The Hall–Kier alpha value is -1.09. The van der Waals surface area contributed by atoms with Gasteiger partial charge < -0.3 is 10.5 Å². The quantitative estimate of drug-likeness (QED) is 0.826. The SMILES string of the molecule is Nc1ccc(COc2c(Cl)cc(Cl)cc2Cl)cc1. The van der Waals surface area contributed by atoms with Gasteiger partial charge in [-0.1, -0.05) is 46.9 Å². The fourth-order valence-corrected chi connectivity index (χ4v) is 2.36. The average Bonchev–Trinajstić information content (AvgIpc) is 2.30. The standard InChI is InChI=1S/C13H10Cl3NO/c14-9-5-11(15)13(12(16)6-9)18-7-8-1-3-10(17)4-2-8/h1-6H,7,17H2. The Balaban J connectivity index is 2.13. The molecule has 0 bridgehead atoms. The minimum absolute atomic E-state index is 0.362. The highest BCUT2D eigenvalue weighted by molar-refractivity contribution is 6.40. The van der Waals surface area contributed by atoms with Crippen molar-refractivity contribution in [1.29, 1.82) is 0 Å². The second kappa shape index (κ2) is 5.70. The number of rotatable bonds is 3. The van der Waals surface area contributed by atoms with Gasteiger partial charge in [0.05, 0.1) is 10.0 Å². The molecule has 2 aromatic rings. The molecule has 94 valence electrons. The number of anilines is 1. The molecule has 0 unspecified atom stereocenters. The van der Waals surface area contributed by atoms with Crippen LogP contribution in [0, 0.1) is 0 Å². The summed E-state index contributed by atoms with van der Waals surface area (Å²) in [6.45, 7) is 0.362. The Kier molecular flexibility index (Phi) is 4.23. The molecule has 0 aliphatic carbocycles. The van der Waals surface area contributed by atoms with E-state index < -0.39 is 0 Å². The number of hydrogen-bond acceptors (Lipinski definition) is 2. The number of nitrogens with two attached hydrogens (primary N) is 1. The smallest absolute Gasteiger partial charge is 0.157 e. The van der Waals surface area contributed by atoms with E-state index in [1.54, 1.807) is 12.1 Å². The molecule has 2 rings (SSSR count). The number of benzene rings is 2. The van der Waals surface area contributed by atoms with Crippen LogP contribution in [0.5, 0.6) is 5.75 Å². The van der Waals surface area contributed by atoms with E-state index in [0.717, 1.165) is 5.56 Å². The lowest BCUT2D eigenvalue weighted by molar-refractivity contribution is 0.306. The van der Waals surface area contributed by atoms with Crippen molar-refractivity contribution in [2.45, 2.75) is 6.61 Å². The predicted molar refractivity (Wildman–Crippen MR) is 76.7 cm³/mol. The first-order chi connectivity index (χ1) is 8.56. The molecule has 2 N–H and O–H groups in total. The summed E-state index contributed by atoms with van der Waals surface area (Å²) >= 11 is 17.8. The molecule has 0 fully saturated rings. The molecule has 0 saturated heterocycles. The van der Waals surface area contributed by atoms with Crippen LogP contribution in [0.3, 0.4) is 0 Å². The van der Waals surface area contributed by atoms with Crippen LogP contribution in [0.15, 0.2) is 36.4 Å². The highest BCUT2D eigenvalue weighted by Crippen LogP contribution is 2.36. The molecule has 5 heteroatoms. The molecule has 0 aliphatic rings. The van der Waals surface area contributed by atoms with Crippen molar-refractivity contribution < 1.29 is 4.74 Å². The zero-order valence-corrected chi connectivity index (χ0v) is 11.6. The first-order valence-corrected chi connectivity index (χ1v) is 6.31. The van der Waals surface area contributed by atoms with E-state index in [1.807, 2.05) is 24.3 Å². The molecule has 0 aliphatic heterocycles. The lowest BCUT2D eigenvalue weighted by Crippen LogP contribution is -1.97. The summed E-state index contributed by atoms with van der Waals surface area (Å²) in [7, 11) is 0. The van der Waals surface area contributed by atoms with Crippen molar-refractivity contribution in [3.63, 3.8) is 0 Å². The van der Waals surface area contributed by atoms with Gasteiger partial charge in [0.25, 0.3) is 0 Å². The maximum Gasteiger partial charge on any atom is 0.157 e. The molecule has 0 radical (unpaired) electrons. The Bertz CT molecular complexity index is 532. The molecule has 18 heavy (non-hydrogen) atoms. The molecule has 0 saturated carbocycles. The number of hydrogen-bond donors (Lipinski definition) is 1. The van der Waals surface area contributed by atoms with Gasteiger partial charge >= 0.3 is 0 Å². The Morgan fingerprint density at radius 1 is 0.944 bits per heavy atom. The maximum absolute atomic E-state index is 6.01. The predicted octanol–water partition coefficient (Wildman–Crippen LogP) is 4.81. The van der Waals surface area contributed by atoms with Crippen molar-refractivity contribution in [3.8, 4) is 5.75 Å². The largest absolute Gasteiger partial charge is 0.486 e. The fraction of sp³-hybridized carbons (Fsp3) is 0.0769. The summed E-state index contributed by atoms with van der Waals surface area (Å²) in [4.78, 5) is 0. The van der Waals surface area contributed by atoms with Crippen LogP contribution in [0.25, 0.3) is 0 Å². The third kappa shape index (κ3) is 3.22. The van der Waals surface area contributed by atoms with E-state index in [0.29, 0.717) is 33.1 Å². The molecule has 0 heterocycles. The van der Waals surface area contributed by atoms with Crippen molar-refractivity contribution in [2.24, 2.45) is 0 Å². The first kappa shape index (κ1) is 13.3. The first-order valence-electron chi connectivity index (χ1n) is 5.18. The second-order valence-corrected chi connectivity index (χ2v) is 4.98. The zero-order chi connectivity index (χ0) is 13.1. The molecule has 0 atom stereocenters. The van der Waals surface area contributed by atoms with E-state index in [9.17, 15) is 0 Å². The molecule has 0 aromatic heterocycles. The van der Waals surface area contributed by atoms with Gasteiger partial charge in [-0.15, -0.1) is 0 Å². The van der Waals surface area contributed by atoms with Gasteiger partial charge in [-0.05, 0) is 29.8 Å². The van der Waals surface area contributed by atoms with Crippen molar-refractivity contribution in [3.05, 3.63) is 57.0 Å². The Morgan fingerprint density at radius 2 is 1.50 bits per heavy atom. The van der Waals surface area contributed by atoms with E-state index in [1.165, 1.54) is 0 Å². The normalized spacial score (nSPS) is 10.4. The second-order valence-electron chi connectivity index (χ2n) is 3.73. The van der Waals surface area contributed by atoms with Crippen LogP contribution in [-0.2, 0) is 6.61 Å². The highest BCUT2D eigenvalue weighted by atomic mass is 35.5. The summed E-state index contributed by atoms with van der Waals surface area (Å²) < 4.78 is 5.59. The summed E-state index contributed by atoms with van der Waals surface area (Å²) in [6, 6.07) is 10.6. The minimum atomic E-state index is 0.362. The van der Waals surface area contributed by atoms with Crippen molar-refractivity contribution in [2.75, 3.05) is 5.73 Å². The molecule has 2 nitrogen and oxygen atoms in total. The minimum Gasteiger partial charge on any atom is -0.486 e. The van der Waals surface area contributed by atoms with E-state index in [-0.39, 0.29) is 0 Å². The third-order valence-electron chi connectivity index (χ3n) is 2.33. The van der Waals surface area contributed by atoms with Gasteiger partial charge in [-0.3, -0.25) is 0 Å². The number of nitrogen functional groups attached to an aromatic ring is 1. The maximum atomic E-state index is 6.01. The van der Waals surface area contributed by atoms with E-state index >= 15 is 0 Å². The summed E-state index contributed by atoms with van der Waals surface area (Å²) in [6.07, 6.45) is 0. The Labute approximate surface area is 120 Å². The van der Waals surface area contributed by atoms with Crippen LogP contribution >= 0.6 is 34.8 Å². The monoisotopic (exact) mass is 301 g/mol. The van der Waals surface area contributed by atoms with E-state index in [4.69, 9.17) is 45.3 Å². The van der Waals surface area contributed by atoms with Gasteiger partial charge in [0, 0.05) is 10.7 Å². The summed E-state index contributed by atoms with van der Waals surface area (Å²) in [5.41, 5.74) is 7.29. The van der Waals surface area contributed by atoms with Gasteiger partial charge in [0.15, 0.2) is 5.75 Å². The van der Waals surface area contributed by atoms with E-state index in [2.05, 4.69) is 0 Å². The van der Waals surface area contributed by atoms with Crippen LogP contribution in [0.4, 0.5) is 5.69 Å². The van der Waals surface area contributed by atoms with Crippen molar-refractivity contribution in [1.82, 2.24) is 0 Å². The zero-order valence-electron chi connectivity index (χ0n) is 9.29. The molecule has 2 aromatic carbocycles. The highest BCUT2D eigenvalue weighted by Gasteiger charge is 2.09. The molecular weight excluding hydrogens is 293 g/mol. The summed E-state index contributed by atoms with van der Waals surface area (Å²) in [5, 5.41) is 1.26.